The number of benzene rings is 1. The summed E-state index contributed by atoms with van der Waals surface area (Å²) in [7, 11) is 0. The van der Waals surface area contributed by atoms with Crippen molar-refractivity contribution in [1.29, 1.82) is 0 Å². The molecule has 3 heterocycles. The molecule has 0 saturated carbocycles. The standard InChI is InChI=1S/C21H26N6OS.HI/c1-2-22-21(27-11-9-26(10-12-27)15-18-8-13-28-25-18)23-14-20-24-19(16-29-20)17-6-4-3-5-7-17;/h3-8,13,16H,2,9-12,14-15H2,1H3,(H,22,23);1H. The summed E-state index contributed by atoms with van der Waals surface area (Å²) in [6.07, 6.45) is 1.63. The van der Waals surface area contributed by atoms with Gasteiger partial charge in [-0.2, -0.15) is 0 Å². The van der Waals surface area contributed by atoms with Crippen molar-refractivity contribution in [2.45, 2.75) is 20.0 Å². The second kappa shape index (κ2) is 11.4. The number of piperazine rings is 1. The Balaban J connectivity index is 0.00000256. The number of aliphatic imine (C=N–C) groups is 1. The van der Waals surface area contributed by atoms with Crippen LogP contribution >= 0.6 is 35.3 Å². The van der Waals surface area contributed by atoms with Gasteiger partial charge in [-0.3, -0.25) is 4.90 Å². The molecule has 0 aliphatic carbocycles. The zero-order chi connectivity index (χ0) is 19.9. The Kier molecular flexibility index (Phi) is 8.64. The molecule has 3 aromatic rings. The largest absolute Gasteiger partial charge is 0.364 e. The Labute approximate surface area is 198 Å². The number of hydrogen-bond donors (Lipinski definition) is 1. The lowest BCUT2D eigenvalue weighted by molar-refractivity contribution is 0.169. The van der Waals surface area contributed by atoms with E-state index in [1.807, 2.05) is 24.3 Å². The monoisotopic (exact) mass is 538 g/mol. The molecule has 1 saturated heterocycles. The van der Waals surface area contributed by atoms with E-state index in [-0.39, 0.29) is 24.0 Å². The lowest BCUT2D eigenvalue weighted by Crippen LogP contribution is -2.52. The minimum absolute atomic E-state index is 0. The molecular formula is C21H27IN6OS. The molecule has 2 aromatic heterocycles. The van der Waals surface area contributed by atoms with Gasteiger partial charge in [-0.05, 0) is 6.92 Å². The first-order valence-electron chi connectivity index (χ1n) is 9.96. The maximum atomic E-state index is 4.93. The predicted molar refractivity (Wildman–Crippen MR) is 131 cm³/mol. The third kappa shape index (κ3) is 6.02. The van der Waals surface area contributed by atoms with E-state index in [1.165, 1.54) is 0 Å². The Morgan fingerprint density at radius 1 is 1.17 bits per heavy atom. The van der Waals surface area contributed by atoms with Crippen LogP contribution in [-0.4, -0.2) is 58.6 Å². The predicted octanol–water partition coefficient (Wildman–Crippen LogP) is 3.70. The van der Waals surface area contributed by atoms with Crippen molar-refractivity contribution in [3.8, 4) is 11.3 Å². The van der Waals surface area contributed by atoms with Crippen molar-refractivity contribution < 1.29 is 4.52 Å². The van der Waals surface area contributed by atoms with Crippen LogP contribution in [0.15, 0.2) is 57.6 Å². The summed E-state index contributed by atoms with van der Waals surface area (Å²) in [6.45, 7) is 8.23. The van der Waals surface area contributed by atoms with Gasteiger partial charge < -0.3 is 14.7 Å². The molecule has 1 N–H and O–H groups in total. The molecule has 160 valence electrons. The van der Waals surface area contributed by atoms with E-state index in [9.17, 15) is 0 Å². The van der Waals surface area contributed by atoms with E-state index < -0.39 is 0 Å². The zero-order valence-electron chi connectivity index (χ0n) is 17.0. The first kappa shape index (κ1) is 22.7. The summed E-state index contributed by atoms with van der Waals surface area (Å²) in [4.78, 5) is 14.3. The van der Waals surface area contributed by atoms with E-state index >= 15 is 0 Å². The smallest absolute Gasteiger partial charge is 0.194 e. The molecule has 0 radical (unpaired) electrons. The van der Waals surface area contributed by atoms with Gasteiger partial charge in [0.1, 0.15) is 11.3 Å². The minimum Gasteiger partial charge on any atom is -0.364 e. The maximum Gasteiger partial charge on any atom is 0.194 e. The third-order valence-electron chi connectivity index (χ3n) is 4.87. The van der Waals surface area contributed by atoms with Gasteiger partial charge in [0.05, 0.1) is 17.9 Å². The first-order valence-corrected chi connectivity index (χ1v) is 10.8. The van der Waals surface area contributed by atoms with Crippen molar-refractivity contribution in [3.63, 3.8) is 0 Å². The highest BCUT2D eigenvalue weighted by atomic mass is 127. The van der Waals surface area contributed by atoms with Crippen LogP contribution in [0, 0.1) is 0 Å². The fraction of sp³-hybridized carbons (Fsp3) is 0.381. The van der Waals surface area contributed by atoms with Crippen molar-refractivity contribution in [1.82, 2.24) is 25.3 Å². The number of halogens is 1. The van der Waals surface area contributed by atoms with Crippen LogP contribution in [0.1, 0.15) is 17.6 Å². The van der Waals surface area contributed by atoms with Crippen LogP contribution in [0.4, 0.5) is 0 Å². The number of nitrogens with zero attached hydrogens (tertiary/aromatic N) is 5. The second-order valence-corrected chi connectivity index (χ2v) is 7.86. The molecule has 1 aromatic carbocycles. The second-order valence-electron chi connectivity index (χ2n) is 6.92. The summed E-state index contributed by atoms with van der Waals surface area (Å²) >= 11 is 1.67. The summed E-state index contributed by atoms with van der Waals surface area (Å²) in [5, 5.41) is 10.6. The van der Waals surface area contributed by atoms with Gasteiger partial charge in [-0.25, -0.2) is 9.98 Å². The molecule has 1 fully saturated rings. The molecule has 1 aliphatic rings. The van der Waals surface area contributed by atoms with Gasteiger partial charge in [-0.1, -0.05) is 35.5 Å². The SMILES string of the molecule is CCNC(=NCc1nc(-c2ccccc2)cs1)N1CCN(Cc2ccon2)CC1.I. The van der Waals surface area contributed by atoms with Crippen LogP contribution in [0.3, 0.4) is 0 Å². The molecule has 9 heteroatoms. The molecule has 0 unspecified atom stereocenters. The maximum absolute atomic E-state index is 4.93. The number of aromatic nitrogens is 2. The molecule has 4 rings (SSSR count). The van der Waals surface area contributed by atoms with Gasteiger partial charge in [0, 0.05) is 56.3 Å². The molecule has 0 atom stereocenters. The number of rotatable bonds is 6. The highest BCUT2D eigenvalue weighted by Gasteiger charge is 2.20. The van der Waals surface area contributed by atoms with Crippen LogP contribution in [0.25, 0.3) is 11.3 Å². The zero-order valence-corrected chi connectivity index (χ0v) is 20.2. The van der Waals surface area contributed by atoms with Crippen molar-refractivity contribution in [2.75, 3.05) is 32.7 Å². The van der Waals surface area contributed by atoms with Gasteiger partial charge in [0.2, 0.25) is 0 Å². The fourth-order valence-electron chi connectivity index (χ4n) is 3.36. The number of guanidine groups is 1. The summed E-state index contributed by atoms with van der Waals surface area (Å²) < 4.78 is 4.93. The molecule has 0 amide bonds. The molecule has 0 spiro atoms. The topological polar surface area (TPSA) is 69.8 Å². The lowest BCUT2D eigenvalue weighted by Gasteiger charge is -2.36. The minimum atomic E-state index is 0. The average molecular weight is 538 g/mol. The summed E-state index contributed by atoms with van der Waals surface area (Å²) in [6, 6.07) is 12.2. The first-order chi connectivity index (χ1) is 14.3. The highest BCUT2D eigenvalue weighted by Crippen LogP contribution is 2.22. The fourth-order valence-corrected chi connectivity index (χ4v) is 4.09. The highest BCUT2D eigenvalue weighted by molar-refractivity contribution is 14.0. The van der Waals surface area contributed by atoms with Gasteiger partial charge >= 0.3 is 0 Å². The van der Waals surface area contributed by atoms with Crippen LogP contribution in [0.2, 0.25) is 0 Å². The van der Waals surface area contributed by atoms with Gasteiger partial charge in [0.15, 0.2) is 5.96 Å². The van der Waals surface area contributed by atoms with E-state index in [4.69, 9.17) is 14.5 Å². The van der Waals surface area contributed by atoms with Crippen molar-refractivity contribution >= 4 is 41.3 Å². The molecule has 7 nitrogen and oxygen atoms in total. The Morgan fingerprint density at radius 3 is 2.67 bits per heavy atom. The Bertz CT molecular complexity index is 907. The third-order valence-corrected chi connectivity index (χ3v) is 5.70. The van der Waals surface area contributed by atoms with E-state index in [2.05, 4.69) is 44.7 Å². The van der Waals surface area contributed by atoms with Crippen LogP contribution < -0.4 is 5.32 Å². The lowest BCUT2D eigenvalue weighted by atomic mass is 10.2. The number of thiazole rings is 1. The van der Waals surface area contributed by atoms with Crippen LogP contribution in [-0.2, 0) is 13.1 Å². The van der Waals surface area contributed by atoms with Crippen molar-refractivity contribution in [3.05, 3.63) is 58.7 Å². The Hall–Kier alpha value is -1.98. The molecule has 0 bridgehead atoms. The molecule has 1 aliphatic heterocycles. The van der Waals surface area contributed by atoms with Gasteiger partial charge in [0.25, 0.3) is 0 Å². The van der Waals surface area contributed by atoms with E-state index in [1.54, 1.807) is 17.6 Å². The van der Waals surface area contributed by atoms with Gasteiger partial charge in [-0.15, -0.1) is 35.3 Å². The quantitative estimate of drug-likeness (QED) is 0.293. The molecular weight excluding hydrogens is 511 g/mol. The summed E-state index contributed by atoms with van der Waals surface area (Å²) in [5.41, 5.74) is 3.15. The van der Waals surface area contributed by atoms with E-state index in [0.29, 0.717) is 6.54 Å². The van der Waals surface area contributed by atoms with Crippen LogP contribution in [0.5, 0.6) is 0 Å². The average Bonchev–Trinajstić information content (AvgIpc) is 3.45. The number of hydrogen-bond acceptors (Lipinski definition) is 6. The van der Waals surface area contributed by atoms with Crippen molar-refractivity contribution in [2.24, 2.45) is 4.99 Å². The Morgan fingerprint density at radius 2 is 1.97 bits per heavy atom. The normalized spacial score (nSPS) is 15.1. The number of nitrogens with one attached hydrogen (secondary N) is 1. The van der Waals surface area contributed by atoms with E-state index in [0.717, 1.165) is 67.2 Å². The summed E-state index contributed by atoms with van der Waals surface area (Å²) in [5.74, 6) is 0.963. The molecule has 30 heavy (non-hydrogen) atoms.